The molecule has 7 heteroatoms. The lowest BCUT2D eigenvalue weighted by molar-refractivity contribution is -0.123. The van der Waals surface area contributed by atoms with Crippen LogP contribution < -0.4 is 16.4 Å². The normalized spacial score (nSPS) is 15.2. The fourth-order valence-corrected chi connectivity index (χ4v) is 3.41. The van der Waals surface area contributed by atoms with E-state index in [0.29, 0.717) is 0 Å². The zero-order valence-corrected chi connectivity index (χ0v) is 14.2. The molecule has 0 spiro atoms. The Balaban J connectivity index is 1.88. The van der Waals surface area contributed by atoms with E-state index >= 15 is 0 Å². The molecule has 0 bridgehead atoms. The first-order valence-corrected chi connectivity index (χ1v) is 8.90. The van der Waals surface area contributed by atoms with E-state index in [1.165, 1.54) is 17.1 Å². The van der Waals surface area contributed by atoms with Gasteiger partial charge >= 0.3 is 0 Å². The number of nitrogens with two attached hydrogens (primary N) is 1. The minimum absolute atomic E-state index is 0.0668. The summed E-state index contributed by atoms with van der Waals surface area (Å²) in [5.74, 6) is 1.80. The van der Waals surface area contributed by atoms with Crippen LogP contribution in [0.4, 0.5) is 5.69 Å². The summed E-state index contributed by atoms with van der Waals surface area (Å²) in [4.78, 5) is 25.3. The summed E-state index contributed by atoms with van der Waals surface area (Å²) in [5.41, 5.74) is 8.23. The Morgan fingerprint density at radius 3 is 2.65 bits per heavy atom. The highest BCUT2D eigenvalue weighted by Crippen LogP contribution is 2.19. The number of hydrogen-bond acceptors (Lipinski definition) is 5. The van der Waals surface area contributed by atoms with Crippen LogP contribution in [0.5, 0.6) is 0 Å². The molecule has 1 aliphatic heterocycles. The van der Waals surface area contributed by atoms with Gasteiger partial charge in [0.1, 0.15) is 0 Å². The standard InChI is InChI=1S/C16H24N4O2S/c1-12-8-13(11-20-4-6-23-7-5-20)2-3-14(12)19-16(22)10-18-15(21)9-17/h2-3,8H,4-7,9-11,17H2,1H3,(H,18,21)(H,19,22). The summed E-state index contributed by atoms with van der Waals surface area (Å²) in [5, 5.41) is 5.26. The van der Waals surface area contributed by atoms with Gasteiger partial charge in [-0.2, -0.15) is 11.8 Å². The predicted molar refractivity (Wildman–Crippen MR) is 94.5 cm³/mol. The van der Waals surface area contributed by atoms with Crippen molar-refractivity contribution in [3.63, 3.8) is 0 Å². The van der Waals surface area contributed by atoms with Crippen molar-refractivity contribution in [2.45, 2.75) is 13.5 Å². The zero-order valence-electron chi connectivity index (χ0n) is 13.4. The number of benzene rings is 1. The molecule has 1 aliphatic rings. The third-order valence-corrected chi connectivity index (χ3v) is 4.65. The van der Waals surface area contributed by atoms with Crippen molar-refractivity contribution >= 4 is 29.3 Å². The van der Waals surface area contributed by atoms with Crippen molar-refractivity contribution in [1.29, 1.82) is 0 Å². The maximum absolute atomic E-state index is 11.8. The molecular weight excluding hydrogens is 312 g/mol. The molecule has 126 valence electrons. The molecule has 0 saturated carbocycles. The van der Waals surface area contributed by atoms with Crippen LogP contribution in [0.15, 0.2) is 18.2 Å². The second kappa shape index (κ2) is 8.90. The van der Waals surface area contributed by atoms with Crippen molar-refractivity contribution in [2.75, 3.05) is 43.0 Å². The van der Waals surface area contributed by atoms with Crippen LogP contribution in [-0.2, 0) is 16.1 Å². The molecule has 4 N–H and O–H groups in total. The molecule has 1 saturated heterocycles. The highest BCUT2D eigenvalue weighted by molar-refractivity contribution is 7.99. The van der Waals surface area contributed by atoms with E-state index in [9.17, 15) is 9.59 Å². The number of nitrogens with one attached hydrogen (secondary N) is 2. The van der Waals surface area contributed by atoms with Crippen molar-refractivity contribution in [3.8, 4) is 0 Å². The summed E-state index contributed by atoms with van der Waals surface area (Å²) >= 11 is 2.00. The summed E-state index contributed by atoms with van der Waals surface area (Å²) in [6.07, 6.45) is 0. The number of carbonyl (C=O) groups is 2. The first kappa shape index (κ1) is 17.8. The monoisotopic (exact) mass is 336 g/mol. The molecule has 1 heterocycles. The lowest BCUT2D eigenvalue weighted by Crippen LogP contribution is -2.36. The number of anilines is 1. The highest BCUT2D eigenvalue weighted by atomic mass is 32.2. The van der Waals surface area contributed by atoms with Gasteiger partial charge in [0.25, 0.3) is 0 Å². The Morgan fingerprint density at radius 1 is 1.26 bits per heavy atom. The van der Waals surface area contributed by atoms with Crippen LogP contribution in [0.25, 0.3) is 0 Å². The van der Waals surface area contributed by atoms with Crippen LogP contribution >= 0.6 is 11.8 Å². The van der Waals surface area contributed by atoms with E-state index in [1.807, 2.05) is 30.8 Å². The van der Waals surface area contributed by atoms with Crippen LogP contribution in [-0.4, -0.2) is 54.4 Å². The molecule has 2 rings (SSSR count). The van der Waals surface area contributed by atoms with E-state index in [2.05, 4.69) is 21.6 Å². The second-order valence-corrected chi connectivity index (χ2v) is 6.79. The molecule has 0 aromatic heterocycles. The quantitative estimate of drug-likeness (QED) is 0.706. The van der Waals surface area contributed by atoms with Gasteiger partial charge in [-0.05, 0) is 24.1 Å². The Kier molecular flexibility index (Phi) is 6.88. The first-order chi connectivity index (χ1) is 11.1. The van der Waals surface area contributed by atoms with Crippen molar-refractivity contribution < 1.29 is 9.59 Å². The van der Waals surface area contributed by atoms with E-state index in [-0.39, 0.29) is 24.9 Å². The van der Waals surface area contributed by atoms with Gasteiger partial charge in [-0.3, -0.25) is 14.5 Å². The number of hydrogen-bond donors (Lipinski definition) is 3. The smallest absolute Gasteiger partial charge is 0.243 e. The van der Waals surface area contributed by atoms with E-state index in [4.69, 9.17) is 5.73 Å². The Bertz CT molecular complexity index is 559. The summed E-state index contributed by atoms with van der Waals surface area (Å²) in [6.45, 7) is 5.00. The highest BCUT2D eigenvalue weighted by Gasteiger charge is 2.12. The molecule has 1 fully saturated rings. The third-order valence-electron chi connectivity index (χ3n) is 3.71. The van der Waals surface area contributed by atoms with Gasteiger partial charge in [-0.25, -0.2) is 0 Å². The van der Waals surface area contributed by atoms with Crippen LogP contribution in [0.3, 0.4) is 0 Å². The van der Waals surface area contributed by atoms with Gasteiger partial charge < -0.3 is 16.4 Å². The first-order valence-electron chi connectivity index (χ1n) is 7.74. The SMILES string of the molecule is Cc1cc(CN2CCSCC2)ccc1NC(=O)CNC(=O)CN. The average Bonchev–Trinajstić information content (AvgIpc) is 2.56. The van der Waals surface area contributed by atoms with Crippen molar-refractivity contribution in [1.82, 2.24) is 10.2 Å². The van der Waals surface area contributed by atoms with Gasteiger partial charge in [0.05, 0.1) is 13.1 Å². The molecule has 1 aromatic carbocycles. The fourth-order valence-electron chi connectivity index (χ4n) is 2.43. The molecule has 2 amide bonds. The number of thioether (sulfide) groups is 1. The average molecular weight is 336 g/mol. The van der Waals surface area contributed by atoms with Crippen LogP contribution in [0.2, 0.25) is 0 Å². The van der Waals surface area contributed by atoms with Crippen LogP contribution in [0, 0.1) is 6.92 Å². The fraction of sp³-hybridized carbons (Fsp3) is 0.500. The number of nitrogens with zero attached hydrogens (tertiary/aromatic N) is 1. The molecule has 0 unspecified atom stereocenters. The lowest BCUT2D eigenvalue weighted by atomic mass is 10.1. The number of carbonyl (C=O) groups excluding carboxylic acids is 2. The van der Waals surface area contributed by atoms with Gasteiger partial charge in [0, 0.05) is 36.8 Å². The molecule has 23 heavy (non-hydrogen) atoms. The topological polar surface area (TPSA) is 87.5 Å². The predicted octanol–water partition coefficient (Wildman–Crippen LogP) is 0.557. The molecule has 1 aromatic rings. The van der Waals surface area contributed by atoms with Gasteiger partial charge in [-0.1, -0.05) is 12.1 Å². The van der Waals surface area contributed by atoms with Crippen LogP contribution in [0.1, 0.15) is 11.1 Å². The zero-order chi connectivity index (χ0) is 16.7. The maximum atomic E-state index is 11.8. The Hall–Kier alpha value is -1.57. The number of rotatable bonds is 6. The molecular formula is C16H24N4O2S. The van der Waals surface area contributed by atoms with Crippen molar-refractivity contribution in [2.24, 2.45) is 5.73 Å². The Labute approximate surface area is 141 Å². The number of amides is 2. The summed E-state index contributed by atoms with van der Waals surface area (Å²) in [6, 6.07) is 6.07. The second-order valence-electron chi connectivity index (χ2n) is 5.57. The molecule has 0 aliphatic carbocycles. The lowest BCUT2D eigenvalue weighted by Gasteiger charge is -2.26. The minimum Gasteiger partial charge on any atom is -0.346 e. The summed E-state index contributed by atoms with van der Waals surface area (Å²) < 4.78 is 0. The number of aryl methyl sites for hydroxylation is 1. The molecule has 0 atom stereocenters. The van der Waals surface area contributed by atoms with E-state index in [0.717, 1.165) is 30.9 Å². The Morgan fingerprint density at radius 2 is 2.00 bits per heavy atom. The molecule has 0 radical (unpaired) electrons. The minimum atomic E-state index is -0.341. The maximum Gasteiger partial charge on any atom is 0.243 e. The van der Waals surface area contributed by atoms with Gasteiger partial charge in [0.15, 0.2) is 0 Å². The molecule has 6 nitrogen and oxygen atoms in total. The largest absolute Gasteiger partial charge is 0.346 e. The van der Waals surface area contributed by atoms with Gasteiger partial charge in [0.2, 0.25) is 11.8 Å². The third kappa shape index (κ3) is 5.85. The van der Waals surface area contributed by atoms with E-state index in [1.54, 1.807) is 0 Å². The van der Waals surface area contributed by atoms with Gasteiger partial charge in [-0.15, -0.1) is 0 Å². The summed E-state index contributed by atoms with van der Waals surface area (Å²) in [7, 11) is 0. The van der Waals surface area contributed by atoms with E-state index < -0.39 is 0 Å². The van der Waals surface area contributed by atoms with Crippen molar-refractivity contribution in [3.05, 3.63) is 29.3 Å².